The minimum atomic E-state index is 0.726. The number of nitrogens with zero attached hydrogens (tertiary/aromatic N) is 4. The second kappa shape index (κ2) is 5.41. The van der Waals surface area contributed by atoms with E-state index in [4.69, 9.17) is 0 Å². The van der Waals surface area contributed by atoms with Gasteiger partial charge in [0.05, 0.1) is 6.54 Å². The molecule has 0 radical (unpaired) electrons. The molecule has 1 aromatic rings. The highest BCUT2D eigenvalue weighted by Gasteiger charge is 2.16. The molecule has 16 heavy (non-hydrogen) atoms. The van der Waals surface area contributed by atoms with Crippen LogP contribution in [0.25, 0.3) is 0 Å². The van der Waals surface area contributed by atoms with Gasteiger partial charge in [0.25, 0.3) is 0 Å². The molecule has 0 amide bonds. The van der Waals surface area contributed by atoms with E-state index in [0.717, 1.165) is 51.0 Å². The van der Waals surface area contributed by atoms with E-state index in [1.54, 1.807) is 0 Å². The number of aromatic nitrogens is 3. The Hall–Kier alpha value is -0.940. The van der Waals surface area contributed by atoms with E-state index in [1.165, 1.54) is 0 Å². The molecule has 5 nitrogen and oxygen atoms in total. The summed E-state index contributed by atoms with van der Waals surface area (Å²) in [5.41, 5.74) is 0. The molecule has 1 aliphatic rings. The van der Waals surface area contributed by atoms with Gasteiger partial charge in [-0.05, 0) is 12.5 Å². The third-order valence-corrected chi connectivity index (χ3v) is 2.88. The van der Waals surface area contributed by atoms with Crippen LogP contribution in [0.3, 0.4) is 0 Å². The lowest BCUT2D eigenvalue weighted by molar-refractivity contribution is 0.216. The zero-order valence-electron chi connectivity index (χ0n) is 10.2. The smallest absolute Gasteiger partial charge is 0.147 e. The first-order valence-corrected chi connectivity index (χ1v) is 6.05. The molecule has 2 rings (SSSR count). The van der Waals surface area contributed by atoms with Gasteiger partial charge < -0.3 is 9.88 Å². The number of hydrogen-bond acceptors (Lipinski definition) is 4. The number of hydrogen-bond donors (Lipinski definition) is 1. The Morgan fingerprint density at radius 1 is 1.44 bits per heavy atom. The quantitative estimate of drug-likeness (QED) is 0.731. The Morgan fingerprint density at radius 2 is 2.31 bits per heavy atom. The van der Waals surface area contributed by atoms with Crippen molar-refractivity contribution in [1.29, 1.82) is 0 Å². The maximum atomic E-state index is 4.11. The molecule has 0 spiro atoms. The van der Waals surface area contributed by atoms with E-state index in [9.17, 15) is 0 Å². The molecule has 0 saturated heterocycles. The first-order valence-electron chi connectivity index (χ1n) is 6.05. The van der Waals surface area contributed by atoms with Crippen molar-refractivity contribution in [2.24, 2.45) is 5.92 Å². The van der Waals surface area contributed by atoms with E-state index in [-0.39, 0.29) is 0 Å². The van der Waals surface area contributed by atoms with Crippen LogP contribution in [0.2, 0.25) is 0 Å². The summed E-state index contributed by atoms with van der Waals surface area (Å²) < 4.78 is 2.14. The van der Waals surface area contributed by atoms with Crippen LogP contribution in [0, 0.1) is 5.92 Å². The van der Waals surface area contributed by atoms with Gasteiger partial charge in [0.1, 0.15) is 12.2 Å². The summed E-state index contributed by atoms with van der Waals surface area (Å²) in [4.78, 5) is 2.43. The Labute approximate surface area is 96.8 Å². The minimum Gasteiger partial charge on any atom is -0.315 e. The predicted octanol–water partition coefficient (Wildman–Crippen LogP) is 0.339. The molecule has 0 bridgehead atoms. The molecule has 0 atom stereocenters. The van der Waals surface area contributed by atoms with Gasteiger partial charge in [-0.15, -0.1) is 10.2 Å². The van der Waals surface area contributed by atoms with E-state index >= 15 is 0 Å². The summed E-state index contributed by atoms with van der Waals surface area (Å²) in [6, 6.07) is 0. The normalized spacial score (nSPS) is 16.7. The van der Waals surface area contributed by atoms with Crippen LogP contribution in [0.5, 0.6) is 0 Å². The van der Waals surface area contributed by atoms with Crippen molar-refractivity contribution in [3.8, 4) is 0 Å². The molecule has 1 N–H and O–H groups in total. The molecule has 0 fully saturated rings. The summed E-state index contributed by atoms with van der Waals surface area (Å²) in [5.74, 6) is 1.82. The fraction of sp³-hybridized carbons (Fsp3) is 0.818. The first-order chi connectivity index (χ1) is 7.75. The zero-order chi connectivity index (χ0) is 11.4. The number of fused-ring (bicyclic) bond motifs is 1. The fourth-order valence-corrected chi connectivity index (χ4v) is 1.94. The zero-order valence-corrected chi connectivity index (χ0v) is 10.2. The molecule has 0 saturated carbocycles. The first kappa shape index (κ1) is 11.5. The molecule has 0 aromatic carbocycles. The van der Waals surface area contributed by atoms with Crippen molar-refractivity contribution in [3.63, 3.8) is 0 Å². The van der Waals surface area contributed by atoms with Gasteiger partial charge in [-0.2, -0.15) is 0 Å². The average Bonchev–Trinajstić information content (AvgIpc) is 2.71. The van der Waals surface area contributed by atoms with Crippen LogP contribution < -0.4 is 5.32 Å². The van der Waals surface area contributed by atoms with Crippen molar-refractivity contribution in [2.45, 2.75) is 26.9 Å². The molecule has 0 aliphatic carbocycles. The third-order valence-electron chi connectivity index (χ3n) is 2.88. The largest absolute Gasteiger partial charge is 0.315 e. The van der Waals surface area contributed by atoms with E-state index in [1.807, 2.05) is 6.33 Å². The fourth-order valence-electron chi connectivity index (χ4n) is 1.94. The molecule has 1 aromatic heterocycles. The van der Waals surface area contributed by atoms with Crippen LogP contribution in [-0.2, 0) is 13.1 Å². The topological polar surface area (TPSA) is 46.0 Å². The maximum Gasteiger partial charge on any atom is 0.147 e. The van der Waals surface area contributed by atoms with Crippen molar-refractivity contribution in [3.05, 3.63) is 12.2 Å². The minimum absolute atomic E-state index is 0.726. The molecule has 1 aliphatic heterocycles. The lowest BCUT2D eigenvalue weighted by atomic mass is 10.2. The number of rotatable bonds is 5. The third kappa shape index (κ3) is 3.02. The monoisotopic (exact) mass is 223 g/mol. The van der Waals surface area contributed by atoms with Crippen LogP contribution in [0.4, 0.5) is 0 Å². The van der Waals surface area contributed by atoms with Crippen molar-refractivity contribution < 1.29 is 0 Å². The Balaban J connectivity index is 1.69. The molecule has 5 heteroatoms. The van der Waals surface area contributed by atoms with E-state index < -0.39 is 0 Å². The van der Waals surface area contributed by atoms with Crippen molar-refractivity contribution in [2.75, 3.05) is 26.2 Å². The second-order valence-corrected chi connectivity index (χ2v) is 4.81. The van der Waals surface area contributed by atoms with Crippen LogP contribution in [0.15, 0.2) is 6.33 Å². The molecular formula is C11H21N5. The summed E-state index contributed by atoms with van der Waals surface area (Å²) >= 11 is 0. The Kier molecular flexibility index (Phi) is 3.90. The Morgan fingerprint density at radius 3 is 3.12 bits per heavy atom. The van der Waals surface area contributed by atoms with Gasteiger partial charge in [0.15, 0.2) is 0 Å². The van der Waals surface area contributed by atoms with Crippen LogP contribution >= 0.6 is 0 Å². The summed E-state index contributed by atoms with van der Waals surface area (Å²) in [5, 5.41) is 11.5. The summed E-state index contributed by atoms with van der Waals surface area (Å²) in [6.45, 7) is 10.8. The average molecular weight is 223 g/mol. The molecule has 90 valence electrons. The highest BCUT2D eigenvalue weighted by atomic mass is 15.3. The van der Waals surface area contributed by atoms with Gasteiger partial charge in [0.2, 0.25) is 0 Å². The number of nitrogens with one attached hydrogen (secondary N) is 1. The summed E-state index contributed by atoms with van der Waals surface area (Å²) in [6.07, 6.45) is 1.82. The van der Waals surface area contributed by atoms with Gasteiger partial charge in [-0.1, -0.05) is 13.8 Å². The van der Waals surface area contributed by atoms with Gasteiger partial charge in [-0.3, -0.25) is 4.90 Å². The molecule has 0 unspecified atom stereocenters. The lowest BCUT2D eigenvalue weighted by Gasteiger charge is -2.26. The maximum absolute atomic E-state index is 4.11. The van der Waals surface area contributed by atoms with Gasteiger partial charge >= 0.3 is 0 Å². The van der Waals surface area contributed by atoms with Crippen molar-refractivity contribution >= 4 is 0 Å². The van der Waals surface area contributed by atoms with Crippen LogP contribution in [-0.4, -0.2) is 45.8 Å². The van der Waals surface area contributed by atoms with Gasteiger partial charge in [0, 0.05) is 26.2 Å². The molecule has 2 heterocycles. The van der Waals surface area contributed by atoms with E-state index in [2.05, 4.69) is 38.8 Å². The lowest BCUT2D eigenvalue weighted by Crippen LogP contribution is -2.38. The standard InChI is InChI=1S/C11H21N5/c1-10(2)7-12-3-4-15-5-6-16-9-13-14-11(16)8-15/h9-10,12H,3-8H2,1-2H3. The highest BCUT2D eigenvalue weighted by Crippen LogP contribution is 2.07. The van der Waals surface area contributed by atoms with Crippen LogP contribution in [0.1, 0.15) is 19.7 Å². The predicted molar refractivity (Wildman–Crippen MR) is 63.0 cm³/mol. The van der Waals surface area contributed by atoms with E-state index in [0.29, 0.717) is 0 Å². The van der Waals surface area contributed by atoms with Crippen molar-refractivity contribution in [1.82, 2.24) is 25.0 Å². The van der Waals surface area contributed by atoms with Gasteiger partial charge in [-0.25, -0.2) is 0 Å². The summed E-state index contributed by atoms with van der Waals surface area (Å²) in [7, 11) is 0. The molecular weight excluding hydrogens is 202 g/mol. The Bertz CT molecular complexity index is 320. The SMILES string of the molecule is CC(C)CNCCN1CCn2cnnc2C1. The second-order valence-electron chi connectivity index (χ2n) is 4.81. The highest BCUT2D eigenvalue weighted by molar-refractivity contribution is 4.89.